The number of thiazole rings is 2. The largest absolute Gasteiger partial charge is 0.236 e. The van der Waals surface area contributed by atoms with E-state index in [0.717, 1.165) is 32.2 Å². The third-order valence-electron chi connectivity index (χ3n) is 7.03. The third-order valence-corrected chi connectivity index (χ3v) is 11.4. The van der Waals surface area contributed by atoms with Gasteiger partial charge in [-0.25, -0.2) is 9.97 Å². The first-order valence-electron chi connectivity index (χ1n) is 13.6. The van der Waals surface area contributed by atoms with E-state index in [9.17, 15) is 0 Å². The lowest BCUT2D eigenvalue weighted by Crippen LogP contribution is -1.77. The second-order valence-corrected chi connectivity index (χ2v) is 14.2. The summed E-state index contributed by atoms with van der Waals surface area (Å²) in [6, 6.07) is 38.5. The Bertz CT molecular complexity index is 1990. The number of nitrogens with zero attached hydrogens (tertiary/aromatic N) is 2. The maximum absolute atomic E-state index is 4.78. The Hall–Kier alpha value is -4.20. The molecule has 200 valence electrons. The second-order valence-electron chi connectivity index (χ2n) is 9.91. The molecule has 4 aromatic heterocycles. The summed E-state index contributed by atoms with van der Waals surface area (Å²) in [7, 11) is 0. The fraction of sp³-hybridized carbons (Fsp3) is 0. The summed E-state index contributed by atoms with van der Waals surface area (Å²) in [5.74, 6) is 0. The van der Waals surface area contributed by atoms with E-state index >= 15 is 0 Å². The Balaban J connectivity index is 0.933. The molecular formula is C36H22N2S4. The molecule has 8 aromatic rings. The summed E-state index contributed by atoms with van der Waals surface area (Å²) < 4.78 is 5.11. The van der Waals surface area contributed by atoms with Crippen LogP contribution in [0.2, 0.25) is 0 Å². The van der Waals surface area contributed by atoms with Crippen LogP contribution in [0.4, 0.5) is 0 Å². The SMILES string of the molecule is C(=C\c1cc2sc(/C=C/c3ccc(-c4nc5ccccc5s4)cc3)cc2s1)/c1ccc(-c2nc3ccccc3s2)cc1. The highest BCUT2D eigenvalue weighted by Crippen LogP contribution is 2.36. The van der Waals surface area contributed by atoms with Crippen molar-refractivity contribution in [1.82, 2.24) is 9.97 Å². The Morgan fingerprint density at radius 3 is 1.26 bits per heavy atom. The number of para-hydroxylation sites is 2. The fourth-order valence-corrected chi connectivity index (χ4v) is 9.02. The molecule has 0 N–H and O–H groups in total. The third kappa shape index (κ3) is 5.14. The van der Waals surface area contributed by atoms with Gasteiger partial charge in [-0.1, -0.05) is 84.9 Å². The molecule has 0 amide bonds. The van der Waals surface area contributed by atoms with Crippen LogP contribution in [0.25, 0.3) is 75.3 Å². The van der Waals surface area contributed by atoms with Crippen molar-refractivity contribution >= 4 is 99.5 Å². The maximum atomic E-state index is 4.78. The van der Waals surface area contributed by atoms with Gasteiger partial charge in [0.2, 0.25) is 0 Å². The van der Waals surface area contributed by atoms with Crippen LogP contribution in [0.1, 0.15) is 20.9 Å². The normalized spacial score (nSPS) is 12.1. The average Bonchev–Trinajstić information content (AvgIpc) is 3.81. The molecule has 0 unspecified atom stereocenters. The van der Waals surface area contributed by atoms with Gasteiger partial charge < -0.3 is 0 Å². The van der Waals surface area contributed by atoms with Crippen molar-refractivity contribution in [2.24, 2.45) is 0 Å². The molecular weight excluding hydrogens is 589 g/mol. The highest BCUT2D eigenvalue weighted by molar-refractivity contribution is 7.28. The fourth-order valence-electron chi connectivity index (χ4n) is 4.86. The van der Waals surface area contributed by atoms with E-state index in [4.69, 9.17) is 9.97 Å². The average molecular weight is 611 g/mol. The molecule has 0 fully saturated rings. The zero-order valence-corrected chi connectivity index (χ0v) is 25.5. The summed E-state index contributed by atoms with van der Waals surface area (Å²) >= 11 is 7.16. The lowest BCUT2D eigenvalue weighted by Gasteiger charge is -1.97. The summed E-state index contributed by atoms with van der Waals surface area (Å²) in [6.45, 7) is 0. The molecule has 6 heteroatoms. The van der Waals surface area contributed by atoms with Crippen LogP contribution in [0, 0.1) is 0 Å². The van der Waals surface area contributed by atoms with E-state index in [-0.39, 0.29) is 0 Å². The molecule has 0 spiro atoms. The molecule has 4 heterocycles. The predicted octanol–water partition coefficient (Wildman–Crippen LogP) is 11.9. The molecule has 42 heavy (non-hydrogen) atoms. The first-order chi connectivity index (χ1) is 20.7. The van der Waals surface area contributed by atoms with E-state index in [1.165, 1.54) is 39.7 Å². The van der Waals surface area contributed by atoms with E-state index < -0.39 is 0 Å². The number of hydrogen-bond acceptors (Lipinski definition) is 6. The Morgan fingerprint density at radius 1 is 0.405 bits per heavy atom. The molecule has 0 radical (unpaired) electrons. The Kier molecular flexibility index (Phi) is 6.62. The van der Waals surface area contributed by atoms with Gasteiger partial charge in [-0.15, -0.1) is 45.3 Å². The monoisotopic (exact) mass is 610 g/mol. The number of rotatable bonds is 6. The van der Waals surface area contributed by atoms with Crippen LogP contribution in [0.15, 0.2) is 109 Å². The van der Waals surface area contributed by atoms with Crippen LogP contribution in [-0.4, -0.2) is 9.97 Å². The minimum atomic E-state index is 1.06. The molecule has 0 saturated heterocycles. The van der Waals surface area contributed by atoms with Crippen LogP contribution >= 0.6 is 45.3 Å². The minimum Gasteiger partial charge on any atom is -0.236 e. The lowest BCUT2D eigenvalue weighted by molar-refractivity contribution is 1.47. The zero-order valence-electron chi connectivity index (χ0n) is 22.2. The molecule has 0 saturated carbocycles. The summed E-state index contributed by atoms with van der Waals surface area (Å²) in [4.78, 5) is 12.1. The lowest BCUT2D eigenvalue weighted by atomic mass is 10.1. The van der Waals surface area contributed by atoms with Gasteiger partial charge in [0.15, 0.2) is 0 Å². The second kappa shape index (κ2) is 10.9. The van der Waals surface area contributed by atoms with Gasteiger partial charge in [-0.2, -0.15) is 0 Å². The molecule has 4 aromatic carbocycles. The van der Waals surface area contributed by atoms with E-state index in [1.807, 2.05) is 34.8 Å². The summed E-state index contributed by atoms with van der Waals surface area (Å²) in [5, 5.41) is 2.13. The molecule has 0 atom stereocenters. The first-order valence-corrected chi connectivity index (χ1v) is 16.8. The summed E-state index contributed by atoms with van der Waals surface area (Å²) in [5.41, 5.74) is 6.83. The summed E-state index contributed by atoms with van der Waals surface area (Å²) in [6.07, 6.45) is 8.81. The standard InChI is InChI=1S/C36H22N2S4/c1-3-7-31-29(5-1)37-35(41-31)25-15-9-23(10-16-25)13-19-27-21-33-34(39-27)22-28(40-33)20-14-24-11-17-26(18-12-24)36-38-30-6-2-4-8-32(30)42-36/h1-22H/b19-13+,20-14+. The van der Waals surface area contributed by atoms with Gasteiger partial charge in [0.05, 0.1) is 20.4 Å². The molecule has 2 nitrogen and oxygen atoms in total. The number of fused-ring (bicyclic) bond motifs is 3. The van der Waals surface area contributed by atoms with E-state index in [1.54, 1.807) is 22.7 Å². The van der Waals surface area contributed by atoms with Crippen molar-refractivity contribution in [3.05, 3.63) is 130 Å². The van der Waals surface area contributed by atoms with Crippen molar-refractivity contribution in [2.75, 3.05) is 0 Å². The van der Waals surface area contributed by atoms with Gasteiger partial charge in [0.25, 0.3) is 0 Å². The van der Waals surface area contributed by atoms with E-state index in [0.29, 0.717) is 0 Å². The van der Waals surface area contributed by atoms with Crippen molar-refractivity contribution < 1.29 is 0 Å². The number of thiophene rings is 2. The van der Waals surface area contributed by atoms with Gasteiger partial charge in [-0.3, -0.25) is 0 Å². The van der Waals surface area contributed by atoms with Crippen LogP contribution in [0.5, 0.6) is 0 Å². The van der Waals surface area contributed by atoms with Crippen molar-refractivity contribution in [3.8, 4) is 21.1 Å². The van der Waals surface area contributed by atoms with Crippen LogP contribution in [-0.2, 0) is 0 Å². The van der Waals surface area contributed by atoms with Crippen LogP contribution < -0.4 is 0 Å². The van der Waals surface area contributed by atoms with Crippen molar-refractivity contribution in [2.45, 2.75) is 0 Å². The number of benzene rings is 4. The van der Waals surface area contributed by atoms with Gasteiger partial charge in [0.1, 0.15) is 10.0 Å². The topological polar surface area (TPSA) is 25.8 Å². The minimum absolute atomic E-state index is 1.06. The Morgan fingerprint density at radius 2 is 0.833 bits per heavy atom. The molecule has 0 aliphatic carbocycles. The molecule has 0 aliphatic heterocycles. The van der Waals surface area contributed by atoms with Gasteiger partial charge in [-0.05, 0) is 59.7 Å². The Labute approximate surface area is 259 Å². The highest BCUT2D eigenvalue weighted by atomic mass is 32.1. The van der Waals surface area contributed by atoms with Gasteiger partial charge in [0, 0.05) is 30.3 Å². The van der Waals surface area contributed by atoms with E-state index in [2.05, 4.69) is 121 Å². The maximum Gasteiger partial charge on any atom is 0.124 e. The molecule has 0 aliphatic rings. The smallest absolute Gasteiger partial charge is 0.124 e. The first kappa shape index (κ1) is 25.5. The number of hydrogen-bond donors (Lipinski definition) is 0. The molecule has 8 rings (SSSR count). The van der Waals surface area contributed by atoms with Gasteiger partial charge >= 0.3 is 0 Å². The highest BCUT2D eigenvalue weighted by Gasteiger charge is 2.08. The predicted molar refractivity (Wildman–Crippen MR) is 188 cm³/mol. The van der Waals surface area contributed by atoms with Crippen molar-refractivity contribution in [1.29, 1.82) is 0 Å². The number of aromatic nitrogens is 2. The van der Waals surface area contributed by atoms with Crippen LogP contribution in [0.3, 0.4) is 0 Å². The molecule has 0 bridgehead atoms. The quantitative estimate of drug-likeness (QED) is 0.187. The zero-order chi connectivity index (χ0) is 27.9. The van der Waals surface area contributed by atoms with Crippen molar-refractivity contribution in [3.63, 3.8) is 0 Å².